The lowest BCUT2D eigenvalue weighted by molar-refractivity contribution is -0.142. The van der Waals surface area contributed by atoms with Crippen LogP contribution in [0.15, 0.2) is 12.1 Å². The Morgan fingerprint density at radius 2 is 1.95 bits per heavy atom. The first-order valence-corrected chi connectivity index (χ1v) is 6.32. The third kappa shape index (κ3) is 3.41. The zero-order valence-electron chi connectivity index (χ0n) is 11.4. The zero-order chi connectivity index (χ0) is 15.4. The molecular weight excluding hydrogens is 286 g/mol. The number of esters is 1. The van der Waals surface area contributed by atoms with Crippen LogP contribution in [0.25, 0.3) is 0 Å². The van der Waals surface area contributed by atoms with Crippen LogP contribution in [-0.4, -0.2) is 24.1 Å². The van der Waals surface area contributed by atoms with Gasteiger partial charge in [0.1, 0.15) is 11.0 Å². The van der Waals surface area contributed by atoms with Gasteiger partial charge in [0.15, 0.2) is 11.6 Å². The number of rotatable bonds is 5. The van der Waals surface area contributed by atoms with E-state index in [-0.39, 0.29) is 22.2 Å². The number of hydrogen-bond acceptors (Lipinski definition) is 4. The molecule has 1 aromatic rings. The zero-order valence-corrected chi connectivity index (χ0v) is 12.2. The van der Waals surface area contributed by atoms with E-state index in [4.69, 9.17) is 5.73 Å². The molecule has 0 amide bonds. The largest absolute Gasteiger partial charge is 0.467 e. The Hall–Kier alpha value is -1.76. The molecule has 1 aromatic carbocycles. The van der Waals surface area contributed by atoms with E-state index in [2.05, 4.69) is 22.3 Å². The number of ether oxygens (including phenoxy) is 1. The minimum atomic E-state index is -1.14. The highest BCUT2D eigenvalue weighted by Crippen LogP contribution is 2.23. The molecule has 0 aliphatic rings. The highest BCUT2D eigenvalue weighted by atomic mass is 32.1. The van der Waals surface area contributed by atoms with Gasteiger partial charge >= 0.3 is 5.97 Å². The van der Waals surface area contributed by atoms with E-state index in [1.165, 1.54) is 19.2 Å². The van der Waals surface area contributed by atoms with Gasteiger partial charge in [0, 0.05) is 5.56 Å². The normalized spacial score (nSPS) is 12.1. The summed E-state index contributed by atoms with van der Waals surface area (Å²) >= 11 is 4.62. The molecule has 3 N–H and O–H groups in total. The van der Waals surface area contributed by atoms with Crippen LogP contribution >= 0.6 is 12.2 Å². The Bertz CT molecular complexity index is 535. The summed E-state index contributed by atoms with van der Waals surface area (Å²) in [4.78, 5) is 11.4. The van der Waals surface area contributed by atoms with Crippen LogP contribution < -0.4 is 11.1 Å². The molecule has 1 rings (SSSR count). The van der Waals surface area contributed by atoms with E-state index in [0.717, 1.165) is 0 Å². The maximum atomic E-state index is 13.9. The fourth-order valence-electron chi connectivity index (χ4n) is 1.64. The number of thiocarbonyl (C=S) groups is 1. The lowest BCUT2D eigenvalue weighted by Gasteiger charge is -2.21. The van der Waals surface area contributed by atoms with E-state index in [0.29, 0.717) is 0 Å². The maximum Gasteiger partial charge on any atom is 0.328 e. The van der Waals surface area contributed by atoms with Gasteiger partial charge in [0.2, 0.25) is 0 Å². The second-order valence-electron chi connectivity index (χ2n) is 4.54. The first kappa shape index (κ1) is 16.3. The second-order valence-corrected chi connectivity index (χ2v) is 4.98. The smallest absolute Gasteiger partial charge is 0.328 e. The molecule has 0 radical (unpaired) electrons. The summed E-state index contributed by atoms with van der Waals surface area (Å²) in [6, 6.07) is 1.76. The summed E-state index contributed by atoms with van der Waals surface area (Å²) in [5, 5.41) is 2.63. The standard InChI is InChI=1S/C13H16F2N2O2S/c1-6(2)11(13(18)19-3)17-8-5-4-7(12(16)20)9(14)10(8)15/h4-6,11,17H,1-3H3,(H2,16,20). The van der Waals surface area contributed by atoms with E-state index in [1.807, 2.05) is 0 Å². The van der Waals surface area contributed by atoms with Gasteiger partial charge in [-0.25, -0.2) is 13.6 Å². The quantitative estimate of drug-likeness (QED) is 0.645. The summed E-state index contributed by atoms with van der Waals surface area (Å²) in [7, 11) is 1.23. The molecule has 110 valence electrons. The van der Waals surface area contributed by atoms with Gasteiger partial charge < -0.3 is 15.8 Å². The van der Waals surface area contributed by atoms with Crippen molar-refractivity contribution < 1.29 is 18.3 Å². The molecule has 20 heavy (non-hydrogen) atoms. The molecule has 0 saturated carbocycles. The van der Waals surface area contributed by atoms with Crippen molar-refractivity contribution in [1.29, 1.82) is 0 Å². The number of nitrogens with two attached hydrogens (primary N) is 1. The van der Waals surface area contributed by atoms with E-state index in [1.54, 1.807) is 13.8 Å². The van der Waals surface area contributed by atoms with E-state index < -0.39 is 23.6 Å². The van der Waals surface area contributed by atoms with Gasteiger partial charge in [0.05, 0.1) is 12.8 Å². The third-order valence-electron chi connectivity index (χ3n) is 2.78. The summed E-state index contributed by atoms with van der Waals surface area (Å²) in [6.45, 7) is 3.51. The Balaban J connectivity index is 3.12. The fourth-order valence-corrected chi connectivity index (χ4v) is 1.80. The van der Waals surface area contributed by atoms with Crippen molar-refractivity contribution in [2.24, 2.45) is 11.7 Å². The van der Waals surface area contributed by atoms with E-state index >= 15 is 0 Å². The van der Waals surface area contributed by atoms with Crippen molar-refractivity contribution in [2.45, 2.75) is 19.9 Å². The molecule has 0 heterocycles. The topological polar surface area (TPSA) is 64.3 Å². The Kier molecular flexibility index (Phi) is 5.38. The lowest BCUT2D eigenvalue weighted by atomic mass is 10.0. The number of anilines is 1. The van der Waals surface area contributed by atoms with Crippen LogP contribution in [0, 0.1) is 17.6 Å². The Morgan fingerprint density at radius 3 is 2.40 bits per heavy atom. The van der Waals surface area contributed by atoms with Gasteiger partial charge in [-0.05, 0) is 18.1 Å². The highest BCUT2D eigenvalue weighted by molar-refractivity contribution is 7.80. The summed E-state index contributed by atoms with van der Waals surface area (Å²) in [5.41, 5.74) is 4.96. The predicted molar refractivity (Wildman–Crippen MR) is 76.5 cm³/mol. The summed E-state index contributed by atoms with van der Waals surface area (Å²) in [6.07, 6.45) is 0. The Morgan fingerprint density at radius 1 is 1.35 bits per heavy atom. The number of methoxy groups -OCH3 is 1. The fraction of sp³-hybridized carbons (Fsp3) is 0.385. The van der Waals surface area contributed by atoms with Crippen LogP contribution in [-0.2, 0) is 9.53 Å². The molecule has 0 fully saturated rings. The first-order chi connectivity index (χ1) is 9.29. The van der Waals surface area contributed by atoms with Crippen LogP contribution in [0.1, 0.15) is 19.4 Å². The van der Waals surface area contributed by atoms with Crippen molar-refractivity contribution in [1.82, 2.24) is 0 Å². The minimum absolute atomic E-state index is 0.147. The molecule has 1 unspecified atom stereocenters. The Labute approximate surface area is 121 Å². The van der Waals surface area contributed by atoms with Crippen LogP contribution in [0.2, 0.25) is 0 Å². The first-order valence-electron chi connectivity index (χ1n) is 5.91. The van der Waals surface area contributed by atoms with Crippen molar-refractivity contribution in [3.63, 3.8) is 0 Å². The molecule has 0 aliphatic heterocycles. The monoisotopic (exact) mass is 302 g/mol. The molecule has 0 spiro atoms. The molecule has 1 atom stereocenters. The molecule has 0 aliphatic carbocycles. The maximum absolute atomic E-state index is 13.9. The molecule has 0 bridgehead atoms. The number of nitrogens with one attached hydrogen (secondary N) is 1. The number of halogens is 2. The van der Waals surface area contributed by atoms with Crippen LogP contribution in [0.5, 0.6) is 0 Å². The van der Waals surface area contributed by atoms with Gasteiger partial charge in [-0.2, -0.15) is 0 Å². The SMILES string of the molecule is COC(=O)C(Nc1ccc(C(N)=S)c(F)c1F)C(C)C. The van der Waals surface area contributed by atoms with E-state index in [9.17, 15) is 13.6 Å². The number of carbonyl (C=O) groups excluding carboxylic acids is 1. The summed E-state index contributed by atoms with van der Waals surface area (Å²) < 4.78 is 32.3. The van der Waals surface area contributed by atoms with Gasteiger partial charge in [0.25, 0.3) is 0 Å². The molecule has 0 saturated heterocycles. The molecule has 7 heteroatoms. The van der Waals surface area contributed by atoms with Crippen molar-refractivity contribution in [2.75, 3.05) is 12.4 Å². The van der Waals surface area contributed by atoms with Crippen LogP contribution in [0.3, 0.4) is 0 Å². The van der Waals surface area contributed by atoms with Crippen molar-refractivity contribution >= 4 is 28.9 Å². The number of benzene rings is 1. The second kappa shape index (κ2) is 6.60. The third-order valence-corrected chi connectivity index (χ3v) is 3.00. The minimum Gasteiger partial charge on any atom is -0.467 e. The average Bonchev–Trinajstić information content (AvgIpc) is 2.38. The van der Waals surface area contributed by atoms with Gasteiger partial charge in [-0.1, -0.05) is 26.1 Å². The predicted octanol–water partition coefficient (Wildman–Crippen LogP) is 2.21. The lowest BCUT2D eigenvalue weighted by Crippen LogP contribution is -2.36. The number of hydrogen-bond donors (Lipinski definition) is 2. The average molecular weight is 302 g/mol. The van der Waals surface area contributed by atoms with Gasteiger partial charge in [-0.3, -0.25) is 0 Å². The number of carbonyl (C=O) groups is 1. The van der Waals surface area contributed by atoms with Crippen molar-refractivity contribution in [3.8, 4) is 0 Å². The van der Waals surface area contributed by atoms with Crippen molar-refractivity contribution in [3.05, 3.63) is 29.3 Å². The molecule has 0 aromatic heterocycles. The van der Waals surface area contributed by atoms with Crippen LogP contribution in [0.4, 0.5) is 14.5 Å². The van der Waals surface area contributed by atoms with Gasteiger partial charge in [-0.15, -0.1) is 0 Å². The summed E-state index contributed by atoms with van der Waals surface area (Å²) in [5.74, 6) is -3.00. The highest BCUT2D eigenvalue weighted by Gasteiger charge is 2.25. The molecular formula is C13H16F2N2O2S. The molecule has 4 nitrogen and oxygen atoms in total.